The second kappa shape index (κ2) is 7.32. The van der Waals surface area contributed by atoms with E-state index < -0.39 is 12.4 Å². The van der Waals surface area contributed by atoms with Crippen LogP contribution in [0.1, 0.15) is 13.3 Å². The smallest absolute Gasteiger partial charge is 0.322 e. The van der Waals surface area contributed by atoms with E-state index in [9.17, 15) is 15.0 Å². The van der Waals surface area contributed by atoms with Crippen LogP contribution in [-0.2, 0) is 4.74 Å². The largest absolute Gasteiger partial charge is 0.386 e. The van der Waals surface area contributed by atoms with E-state index in [0.717, 1.165) is 13.0 Å². The van der Waals surface area contributed by atoms with Gasteiger partial charge in [0.1, 0.15) is 12.3 Å². The van der Waals surface area contributed by atoms with Gasteiger partial charge in [-0.15, -0.1) is 0 Å². The van der Waals surface area contributed by atoms with Crippen LogP contribution in [0.3, 0.4) is 0 Å². The first-order valence-electron chi connectivity index (χ1n) is 5.96. The molecule has 104 valence electrons. The molecule has 18 heavy (non-hydrogen) atoms. The van der Waals surface area contributed by atoms with Crippen molar-refractivity contribution in [3.05, 3.63) is 12.3 Å². The molecule has 3 unspecified atom stereocenters. The topological polar surface area (TPSA) is 94.1 Å². The lowest BCUT2D eigenvalue weighted by molar-refractivity contribution is -0.146. The molecular weight excluding hydrogens is 238 g/mol. The van der Waals surface area contributed by atoms with Crippen LogP contribution >= 0.6 is 0 Å². The van der Waals surface area contributed by atoms with Crippen LogP contribution in [0.5, 0.6) is 0 Å². The van der Waals surface area contributed by atoms with Gasteiger partial charge in [-0.2, -0.15) is 0 Å². The summed E-state index contributed by atoms with van der Waals surface area (Å²) in [7, 11) is 1.28. The minimum atomic E-state index is -1.30. The maximum absolute atomic E-state index is 11.7. The third-order valence-electron chi connectivity index (χ3n) is 2.57. The highest BCUT2D eigenvalue weighted by molar-refractivity contribution is 5.77. The van der Waals surface area contributed by atoms with Gasteiger partial charge in [-0.25, -0.2) is 4.79 Å². The number of nitrogens with one attached hydrogen (secondary N) is 2. The fourth-order valence-corrected chi connectivity index (χ4v) is 1.53. The molecule has 0 aromatic carbocycles. The van der Waals surface area contributed by atoms with Crippen LogP contribution < -0.4 is 10.6 Å². The summed E-state index contributed by atoms with van der Waals surface area (Å²) in [6.07, 6.45) is 1.69. The number of carbonyl (C=O) groups is 1. The molecule has 0 aromatic heterocycles. The molecule has 0 aliphatic carbocycles. The number of urea groups is 1. The van der Waals surface area contributed by atoms with Crippen molar-refractivity contribution in [2.24, 2.45) is 0 Å². The zero-order chi connectivity index (χ0) is 13.5. The monoisotopic (exact) mass is 259 g/mol. The summed E-state index contributed by atoms with van der Waals surface area (Å²) >= 11 is 0. The van der Waals surface area contributed by atoms with E-state index in [2.05, 4.69) is 15.4 Å². The van der Waals surface area contributed by atoms with Gasteiger partial charge in [-0.3, -0.25) is 10.2 Å². The van der Waals surface area contributed by atoms with Crippen LogP contribution in [0.25, 0.3) is 0 Å². The average molecular weight is 259 g/mol. The first-order valence-corrected chi connectivity index (χ1v) is 5.96. The third kappa shape index (κ3) is 4.26. The van der Waals surface area contributed by atoms with Crippen LogP contribution in [0.4, 0.5) is 4.79 Å². The molecule has 2 amide bonds. The summed E-state index contributed by atoms with van der Waals surface area (Å²) in [5, 5.41) is 24.6. The normalized spacial score (nSPS) is 22.8. The number of hydrogen-bond donors (Lipinski definition) is 4. The van der Waals surface area contributed by atoms with Gasteiger partial charge in [-0.1, -0.05) is 6.92 Å². The second-order valence-corrected chi connectivity index (χ2v) is 4.07. The maximum atomic E-state index is 11.7. The molecule has 1 rings (SSSR count). The summed E-state index contributed by atoms with van der Waals surface area (Å²) < 4.78 is 4.57. The molecule has 1 aliphatic rings. The standard InChI is InChI=1S/C11H21N3O4/c1-3-5-12-9-4-6-14(11(17)13-9)7-8(15)10(16)18-2/h4,6,8-10,12,15-16H,3,5,7H2,1-2H3,(H,13,17). The minimum absolute atomic E-state index is 0.0299. The lowest BCUT2D eigenvalue weighted by Crippen LogP contribution is -2.54. The SMILES string of the molecule is CCCNC1C=CN(CC(O)C(O)OC)C(=O)N1. The van der Waals surface area contributed by atoms with Gasteiger partial charge in [0.25, 0.3) is 0 Å². The Morgan fingerprint density at radius 1 is 1.61 bits per heavy atom. The minimum Gasteiger partial charge on any atom is -0.386 e. The second-order valence-electron chi connectivity index (χ2n) is 4.07. The zero-order valence-electron chi connectivity index (χ0n) is 10.7. The van der Waals surface area contributed by atoms with Gasteiger partial charge in [0, 0.05) is 13.3 Å². The fraction of sp³-hybridized carbons (Fsp3) is 0.727. The van der Waals surface area contributed by atoms with Crippen molar-refractivity contribution in [3.63, 3.8) is 0 Å². The number of aliphatic hydroxyl groups is 2. The Hall–Kier alpha value is -1.15. The molecule has 4 N–H and O–H groups in total. The van der Waals surface area contributed by atoms with Crippen molar-refractivity contribution in [1.29, 1.82) is 0 Å². The van der Waals surface area contributed by atoms with Crippen LogP contribution in [0.2, 0.25) is 0 Å². The van der Waals surface area contributed by atoms with Crippen molar-refractivity contribution in [2.75, 3.05) is 20.2 Å². The number of carbonyl (C=O) groups excluding carboxylic acids is 1. The summed E-state index contributed by atoms with van der Waals surface area (Å²) in [5.74, 6) is 0. The highest BCUT2D eigenvalue weighted by atomic mass is 16.6. The summed E-state index contributed by atoms with van der Waals surface area (Å²) in [4.78, 5) is 13.0. The predicted octanol–water partition coefficient (Wildman–Crippen LogP) is -0.823. The molecule has 1 aliphatic heterocycles. The van der Waals surface area contributed by atoms with E-state index in [-0.39, 0.29) is 18.7 Å². The van der Waals surface area contributed by atoms with Crippen LogP contribution in [-0.4, -0.2) is 59.9 Å². The summed E-state index contributed by atoms with van der Waals surface area (Å²) in [6.45, 7) is 2.81. The fourth-order valence-electron chi connectivity index (χ4n) is 1.53. The van der Waals surface area contributed by atoms with Crippen LogP contribution in [0, 0.1) is 0 Å². The Bertz CT molecular complexity index is 298. The van der Waals surface area contributed by atoms with Crippen molar-refractivity contribution in [2.45, 2.75) is 31.9 Å². The van der Waals surface area contributed by atoms with Gasteiger partial charge in [0.15, 0.2) is 6.29 Å². The van der Waals surface area contributed by atoms with Crippen molar-refractivity contribution < 1.29 is 19.7 Å². The Morgan fingerprint density at radius 3 is 2.89 bits per heavy atom. The number of hydrogen-bond acceptors (Lipinski definition) is 5. The first-order chi connectivity index (χ1) is 8.58. The van der Waals surface area contributed by atoms with E-state index in [1.807, 2.05) is 6.92 Å². The molecule has 0 spiro atoms. The molecule has 3 atom stereocenters. The Kier molecular flexibility index (Phi) is 6.06. The lowest BCUT2D eigenvalue weighted by Gasteiger charge is -2.30. The summed E-state index contributed by atoms with van der Waals surface area (Å²) in [5.41, 5.74) is 0. The quantitative estimate of drug-likeness (QED) is 0.448. The molecular formula is C11H21N3O4. The van der Waals surface area contributed by atoms with Gasteiger partial charge in [-0.05, 0) is 19.0 Å². The molecule has 0 radical (unpaired) electrons. The Morgan fingerprint density at radius 2 is 2.33 bits per heavy atom. The first kappa shape index (κ1) is 14.9. The van der Waals surface area contributed by atoms with Gasteiger partial charge in [0.2, 0.25) is 0 Å². The number of ether oxygens (including phenoxy) is 1. The average Bonchev–Trinajstić information content (AvgIpc) is 2.38. The number of aliphatic hydroxyl groups excluding tert-OH is 2. The highest BCUT2D eigenvalue weighted by Crippen LogP contribution is 2.05. The van der Waals surface area contributed by atoms with E-state index in [1.54, 1.807) is 12.3 Å². The van der Waals surface area contributed by atoms with E-state index in [1.165, 1.54) is 12.0 Å². The zero-order valence-corrected chi connectivity index (χ0v) is 10.7. The number of amides is 2. The lowest BCUT2D eigenvalue weighted by atomic mass is 10.3. The molecule has 0 fully saturated rings. The molecule has 0 bridgehead atoms. The molecule has 0 aromatic rings. The third-order valence-corrected chi connectivity index (χ3v) is 2.57. The Labute approximate surface area is 106 Å². The van der Waals surface area contributed by atoms with E-state index in [4.69, 9.17) is 0 Å². The predicted molar refractivity (Wildman–Crippen MR) is 65.5 cm³/mol. The van der Waals surface area contributed by atoms with Crippen molar-refractivity contribution >= 4 is 6.03 Å². The van der Waals surface area contributed by atoms with E-state index in [0.29, 0.717) is 0 Å². The maximum Gasteiger partial charge on any atom is 0.322 e. The Balaban J connectivity index is 2.47. The molecule has 0 saturated heterocycles. The summed E-state index contributed by atoms with van der Waals surface area (Å²) in [6, 6.07) is -0.326. The number of nitrogens with zero attached hydrogens (tertiary/aromatic N) is 1. The molecule has 0 saturated carbocycles. The van der Waals surface area contributed by atoms with Crippen molar-refractivity contribution in [1.82, 2.24) is 15.5 Å². The van der Waals surface area contributed by atoms with Crippen LogP contribution in [0.15, 0.2) is 12.3 Å². The van der Waals surface area contributed by atoms with Gasteiger partial charge >= 0.3 is 6.03 Å². The number of methoxy groups -OCH3 is 1. The van der Waals surface area contributed by atoms with E-state index >= 15 is 0 Å². The highest BCUT2D eigenvalue weighted by Gasteiger charge is 2.24. The number of rotatable bonds is 7. The number of β-amino-alcohol motifs (C(OH)–C–C–N with tert-alkyl or cyclic N) is 1. The molecule has 7 nitrogen and oxygen atoms in total. The molecule has 7 heteroatoms. The van der Waals surface area contributed by atoms with Gasteiger partial charge < -0.3 is 20.3 Å². The van der Waals surface area contributed by atoms with Crippen molar-refractivity contribution in [3.8, 4) is 0 Å². The van der Waals surface area contributed by atoms with Gasteiger partial charge in [0.05, 0.1) is 6.54 Å². The molecule has 1 heterocycles.